The van der Waals surface area contributed by atoms with Crippen LogP contribution in [0.15, 0.2) is 42.5 Å². The SMILES string of the molecule is CCCc1ccc(OC[C@@H](O)CN2CCN(Cc3ccc4c(c3)OCO4)CC2)cc1. The Labute approximate surface area is 179 Å². The lowest BCUT2D eigenvalue weighted by molar-refractivity contribution is 0.0446. The number of piperazine rings is 1. The van der Waals surface area contributed by atoms with Crippen LogP contribution in [-0.4, -0.2) is 67.1 Å². The van der Waals surface area contributed by atoms with E-state index in [-0.39, 0.29) is 0 Å². The van der Waals surface area contributed by atoms with Gasteiger partial charge in [0.05, 0.1) is 0 Å². The molecule has 162 valence electrons. The molecule has 2 aliphatic rings. The van der Waals surface area contributed by atoms with Crippen molar-refractivity contribution >= 4 is 0 Å². The van der Waals surface area contributed by atoms with Gasteiger partial charge in [0.1, 0.15) is 18.5 Å². The molecule has 0 bridgehead atoms. The summed E-state index contributed by atoms with van der Waals surface area (Å²) < 4.78 is 16.6. The van der Waals surface area contributed by atoms with Crippen LogP contribution in [0, 0.1) is 0 Å². The number of hydrogen-bond donors (Lipinski definition) is 1. The third kappa shape index (κ3) is 5.65. The lowest BCUT2D eigenvalue weighted by Gasteiger charge is -2.35. The van der Waals surface area contributed by atoms with Gasteiger partial charge in [0, 0.05) is 39.3 Å². The number of rotatable bonds is 9. The van der Waals surface area contributed by atoms with Crippen molar-refractivity contribution < 1.29 is 19.3 Å². The monoisotopic (exact) mass is 412 g/mol. The highest BCUT2D eigenvalue weighted by atomic mass is 16.7. The van der Waals surface area contributed by atoms with Crippen molar-refractivity contribution in [1.29, 1.82) is 0 Å². The molecule has 1 atom stereocenters. The van der Waals surface area contributed by atoms with Gasteiger partial charge in [-0.1, -0.05) is 31.5 Å². The minimum Gasteiger partial charge on any atom is -0.491 e. The van der Waals surface area contributed by atoms with Gasteiger partial charge in [-0.3, -0.25) is 9.80 Å². The summed E-state index contributed by atoms with van der Waals surface area (Å²) in [6.45, 7) is 8.24. The van der Waals surface area contributed by atoms with E-state index in [1.165, 1.54) is 11.1 Å². The molecule has 6 heteroatoms. The predicted molar refractivity (Wildman–Crippen MR) is 116 cm³/mol. The number of aliphatic hydroxyl groups is 1. The summed E-state index contributed by atoms with van der Waals surface area (Å²) in [4.78, 5) is 4.75. The molecule has 0 unspecified atom stereocenters. The number of nitrogens with zero attached hydrogens (tertiary/aromatic N) is 2. The summed E-state index contributed by atoms with van der Waals surface area (Å²) in [5, 5.41) is 10.4. The van der Waals surface area contributed by atoms with Crippen LogP contribution >= 0.6 is 0 Å². The molecule has 0 amide bonds. The first kappa shape index (κ1) is 21.0. The topological polar surface area (TPSA) is 54.4 Å². The highest BCUT2D eigenvalue weighted by molar-refractivity contribution is 5.44. The van der Waals surface area contributed by atoms with Crippen molar-refractivity contribution in [3.8, 4) is 17.2 Å². The molecule has 0 spiro atoms. The average Bonchev–Trinajstić information content (AvgIpc) is 3.23. The van der Waals surface area contributed by atoms with Gasteiger partial charge in [-0.15, -0.1) is 0 Å². The van der Waals surface area contributed by atoms with Gasteiger partial charge in [0.15, 0.2) is 11.5 Å². The van der Waals surface area contributed by atoms with Crippen molar-refractivity contribution in [3.63, 3.8) is 0 Å². The standard InChI is InChI=1S/C24H32N2O4/c1-2-3-19-4-7-22(8-5-19)28-17-21(27)16-26-12-10-25(11-13-26)15-20-6-9-23-24(14-20)30-18-29-23/h4-9,14,21,27H,2-3,10-13,15-18H2,1H3/t21-/m0/s1. The maximum absolute atomic E-state index is 10.4. The summed E-state index contributed by atoms with van der Waals surface area (Å²) >= 11 is 0. The quantitative estimate of drug-likeness (QED) is 0.684. The number of β-amino-alcohol motifs (C(OH)–C–C–N with tert-alkyl or cyclic N) is 1. The Bertz CT molecular complexity index is 803. The lowest BCUT2D eigenvalue weighted by Crippen LogP contribution is -2.48. The van der Waals surface area contributed by atoms with Gasteiger partial charge in [0.2, 0.25) is 6.79 Å². The third-order valence-electron chi connectivity index (χ3n) is 5.68. The first-order valence-corrected chi connectivity index (χ1v) is 10.9. The van der Waals surface area contributed by atoms with E-state index >= 15 is 0 Å². The number of aliphatic hydroxyl groups excluding tert-OH is 1. The predicted octanol–water partition coefficient (Wildman–Crippen LogP) is 2.93. The Hall–Kier alpha value is -2.28. The lowest BCUT2D eigenvalue weighted by atomic mass is 10.1. The van der Waals surface area contributed by atoms with E-state index < -0.39 is 6.10 Å². The molecule has 0 saturated carbocycles. The molecule has 0 radical (unpaired) electrons. The van der Waals surface area contributed by atoms with Crippen molar-refractivity contribution in [1.82, 2.24) is 9.80 Å². The Morgan fingerprint density at radius 1 is 0.933 bits per heavy atom. The normalized spacial score (nSPS) is 17.8. The summed E-state index contributed by atoms with van der Waals surface area (Å²) in [6, 6.07) is 14.4. The van der Waals surface area contributed by atoms with E-state index in [0.717, 1.165) is 62.8 Å². The number of fused-ring (bicyclic) bond motifs is 1. The Kier molecular flexibility index (Phi) is 7.10. The van der Waals surface area contributed by atoms with Gasteiger partial charge in [-0.2, -0.15) is 0 Å². The molecule has 2 heterocycles. The zero-order valence-electron chi connectivity index (χ0n) is 17.8. The first-order chi connectivity index (χ1) is 14.7. The van der Waals surface area contributed by atoms with Gasteiger partial charge < -0.3 is 19.3 Å². The van der Waals surface area contributed by atoms with E-state index in [1.54, 1.807) is 0 Å². The molecule has 2 aliphatic heterocycles. The number of benzene rings is 2. The highest BCUT2D eigenvalue weighted by Crippen LogP contribution is 2.32. The second kappa shape index (κ2) is 10.2. The summed E-state index contributed by atoms with van der Waals surface area (Å²) in [5.41, 5.74) is 2.56. The van der Waals surface area contributed by atoms with Crippen molar-refractivity contribution in [3.05, 3.63) is 53.6 Å². The van der Waals surface area contributed by atoms with Crippen molar-refractivity contribution in [2.75, 3.05) is 46.1 Å². The van der Waals surface area contributed by atoms with Gasteiger partial charge >= 0.3 is 0 Å². The second-order valence-electron chi connectivity index (χ2n) is 8.12. The fourth-order valence-electron chi connectivity index (χ4n) is 4.01. The van der Waals surface area contributed by atoms with Crippen LogP contribution in [0.4, 0.5) is 0 Å². The number of aryl methyl sites for hydroxylation is 1. The first-order valence-electron chi connectivity index (χ1n) is 10.9. The van der Waals surface area contributed by atoms with E-state index in [1.807, 2.05) is 18.2 Å². The molecule has 2 aromatic carbocycles. The smallest absolute Gasteiger partial charge is 0.231 e. The Morgan fingerprint density at radius 2 is 1.63 bits per heavy atom. The maximum Gasteiger partial charge on any atom is 0.231 e. The van der Waals surface area contributed by atoms with Crippen LogP contribution in [0.1, 0.15) is 24.5 Å². The molecule has 1 N–H and O–H groups in total. The second-order valence-corrected chi connectivity index (χ2v) is 8.12. The molecule has 30 heavy (non-hydrogen) atoms. The van der Waals surface area contributed by atoms with Crippen molar-refractivity contribution in [2.45, 2.75) is 32.4 Å². The Morgan fingerprint density at radius 3 is 2.40 bits per heavy atom. The number of ether oxygens (including phenoxy) is 3. The molecule has 2 aromatic rings. The van der Waals surface area contributed by atoms with Crippen LogP contribution < -0.4 is 14.2 Å². The molecule has 0 aliphatic carbocycles. The molecule has 1 fully saturated rings. The molecular weight excluding hydrogens is 380 g/mol. The van der Waals surface area contributed by atoms with E-state index in [2.05, 4.69) is 41.0 Å². The largest absolute Gasteiger partial charge is 0.491 e. The fraction of sp³-hybridized carbons (Fsp3) is 0.500. The molecule has 0 aromatic heterocycles. The fourth-order valence-corrected chi connectivity index (χ4v) is 4.01. The summed E-state index contributed by atoms with van der Waals surface area (Å²) in [7, 11) is 0. The van der Waals surface area contributed by atoms with Crippen LogP contribution in [0.3, 0.4) is 0 Å². The van der Waals surface area contributed by atoms with Crippen LogP contribution in [0.2, 0.25) is 0 Å². The highest BCUT2D eigenvalue weighted by Gasteiger charge is 2.21. The zero-order valence-corrected chi connectivity index (χ0v) is 17.8. The van der Waals surface area contributed by atoms with Gasteiger partial charge in [-0.25, -0.2) is 0 Å². The minimum atomic E-state index is -0.485. The van der Waals surface area contributed by atoms with Crippen molar-refractivity contribution in [2.24, 2.45) is 0 Å². The minimum absolute atomic E-state index is 0.313. The van der Waals surface area contributed by atoms with Gasteiger partial charge in [0.25, 0.3) is 0 Å². The van der Waals surface area contributed by atoms with Crippen LogP contribution in [0.5, 0.6) is 17.2 Å². The van der Waals surface area contributed by atoms with Gasteiger partial charge in [-0.05, 0) is 41.8 Å². The zero-order chi connectivity index (χ0) is 20.8. The van der Waals surface area contributed by atoms with Crippen LogP contribution in [0.25, 0.3) is 0 Å². The molecule has 4 rings (SSSR count). The number of hydrogen-bond acceptors (Lipinski definition) is 6. The molecule has 6 nitrogen and oxygen atoms in total. The third-order valence-corrected chi connectivity index (χ3v) is 5.68. The molecular formula is C24H32N2O4. The summed E-state index contributed by atoms with van der Waals surface area (Å²) in [5.74, 6) is 2.49. The Balaban J connectivity index is 1.16. The van der Waals surface area contributed by atoms with Crippen LogP contribution in [-0.2, 0) is 13.0 Å². The van der Waals surface area contributed by atoms with E-state index in [9.17, 15) is 5.11 Å². The average molecular weight is 413 g/mol. The summed E-state index contributed by atoms with van der Waals surface area (Å²) in [6.07, 6.45) is 1.74. The maximum atomic E-state index is 10.4. The van der Waals surface area contributed by atoms with E-state index in [4.69, 9.17) is 14.2 Å². The molecule has 1 saturated heterocycles. The van der Waals surface area contributed by atoms with E-state index in [0.29, 0.717) is 19.9 Å².